The number of pyridine rings is 1. The van der Waals surface area contributed by atoms with Gasteiger partial charge in [0.2, 0.25) is 0 Å². The summed E-state index contributed by atoms with van der Waals surface area (Å²) >= 11 is 0. The fourth-order valence-corrected chi connectivity index (χ4v) is 1.40. The van der Waals surface area contributed by atoms with E-state index in [1.165, 1.54) is 0 Å². The third-order valence-electron chi connectivity index (χ3n) is 2.45. The molecule has 1 atom stereocenters. The highest BCUT2D eigenvalue weighted by Gasteiger charge is 2.09. The molecule has 0 aliphatic rings. The summed E-state index contributed by atoms with van der Waals surface area (Å²) in [7, 11) is 0. The third kappa shape index (κ3) is 2.43. The second-order valence-electron chi connectivity index (χ2n) is 3.65. The van der Waals surface area contributed by atoms with Gasteiger partial charge in [-0.2, -0.15) is 0 Å². The summed E-state index contributed by atoms with van der Waals surface area (Å²) in [5.41, 5.74) is 2.67. The molecular formula is C11H14N4O. The number of aromatic nitrogens is 3. The molecule has 0 radical (unpaired) electrons. The topological polar surface area (TPSA) is 63.8 Å². The second kappa shape index (κ2) is 4.85. The lowest BCUT2D eigenvalue weighted by Gasteiger charge is -2.11. The maximum atomic E-state index is 4.63. The maximum Gasteiger partial charge on any atom is 0.121 e. The number of nitrogens with one attached hydrogen (secondary N) is 1. The molecule has 84 valence electrons. The molecule has 0 fully saturated rings. The average Bonchev–Trinajstić information content (AvgIpc) is 2.73. The van der Waals surface area contributed by atoms with Crippen LogP contribution in [0.4, 0.5) is 0 Å². The molecule has 0 aliphatic heterocycles. The smallest absolute Gasteiger partial charge is 0.121 e. The Labute approximate surface area is 93.9 Å². The Balaban J connectivity index is 1.94. The molecule has 0 amide bonds. The molecule has 1 N–H and O–H groups in total. The van der Waals surface area contributed by atoms with Gasteiger partial charge in [-0.25, -0.2) is 4.63 Å². The minimum Gasteiger partial charge on any atom is -0.303 e. The van der Waals surface area contributed by atoms with Gasteiger partial charge >= 0.3 is 0 Å². The van der Waals surface area contributed by atoms with Crippen LogP contribution in [0.5, 0.6) is 0 Å². The molecule has 2 heterocycles. The van der Waals surface area contributed by atoms with Crippen molar-refractivity contribution in [1.29, 1.82) is 0 Å². The first-order valence-electron chi connectivity index (χ1n) is 5.19. The Kier molecular flexibility index (Phi) is 3.26. The largest absolute Gasteiger partial charge is 0.303 e. The molecule has 0 aromatic carbocycles. The molecule has 2 rings (SSSR count). The highest BCUT2D eigenvalue weighted by molar-refractivity contribution is 5.09. The minimum atomic E-state index is 0.178. The molecule has 2 aromatic rings. The zero-order chi connectivity index (χ0) is 11.4. The monoisotopic (exact) mass is 218 g/mol. The van der Waals surface area contributed by atoms with E-state index in [0.717, 1.165) is 17.1 Å². The van der Waals surface area contributed by atoms with Crippen molar-refractivity contribution >= 4 is 0 Å². The van der Waals surface area contributed by atoms with Gasteiger partial charge in [0.25, 0.3) is 0 Å². The van der Waals surface area contributed by atoms with Gasteiger partial charge in [0.15, 0.2) is 0 Å². The Bertz CT molecular complexity index is 440. The van der Waals surface area contributed by atoms with Gasteiger partial charge in [0, 0.05) is 18.8 Å². The van der Waals surface area contributed by atoms with Crippen LogP contribution in [0.3, 0.4) is 0 Å². The summed E-state index contributed by atoms with van der Waals surface area (Å²) in [6.45, 7) is 4.57. The van der Waals surface area contributed by atoms with Gasteiger partial charge in [0.05, 0.1) is 5.69 Å². The van der Waals surface area contributed by atoms with Gasteiger partial charge in [-0.05, 0) is 26.0 Å². The third-order valence-corrected chi connectivity index (χ3v) is 2.45. The fraction of sp³-hybridized carbons (Fsp3) is 0.364. The summed E-state index contributed by atoms with van der Waals surface area (Å²) in [6, 6.07) is 6.05. The van der Waals surface area contributed by atoms with Gasteiger partial charge < -0.3 is 5.32 Å². The van der Waals surface area contributed by atoms with Crippen LogP contribution >= 0.6 is 0 Å². The lowest BCUT2D eigenvalue weighted by molar-refractivity contribution is 0.300. The van der Waals surface area contributed by atoms with Crippen molar-refractivity contribution in [2.45, 2.75) is 26.4 Å². The Morgan fingerprint density at radius 3 is 2.88 bits per heavy atom. The molecule has 2 aromatic heterocycles. The molecule has 5 nitrogen and oxygen atoms in total. The molecule has 16 heavy (non-hydrogen) atoms. The van der Waals surface area contributed by atoms with Gasteiger partial charge in [-0.1, -0.05) is 16.4 Å². The predicted molar refractivity (Wildman–Crippen MR) is 58.5 cm³/mol. The Morgan fingerprint density at radius 2 is 2.25 bits per heavy atom. The molecule has 0 spiro atoms. The summed E-state index contributed by atoms with van der Waals surface area (Å²) in [4.78, 5) is 4.28. The first-order chi connectivity index (χ1) is 7.77. The van der Waals surface area contributed by atoms with Crippen molar-refractivity contribution in [2.24, 2.45) is 0 Å². The Hall–Kier alpha value is -1.75. The van der Waals surface area contributed by atoms with Crippen molar-refractivity contribution in [1.82, 2.24) is 20.6 Å². The Morgan fingerprint density at radius 1 is 1.38 bits per heavy atom. The van der Waals surface area contributed by atoms with Crippen LogP contribution in [-0.2, 0) is 6.54 Å². The number of aryl methyl sites for hydroxylation is 1. The van der Waals surface area contributed by atoms with Crippen LogP contribution in [0.15, 0.2) is 29.0 Å². The van der Waals surface area contributed by atoms with Crippen molar-refractivity contribution in [3.63, 3.8) is 0 Å². The van der Waals surface area contributed by atoms with Crippen LogP contribution in [0.2, 0.25) is 0 Å². The highest BCUT2D eigenvalue weighted by Crippen LogP contribution is 2.09. The molecule has 0 saturated carbocycles. The normalized spacial score (nSPS) is 12.6. The average molecular weight is 218 g/mol. The van der Waals surface area contributed by atoms with E-state index in [-0.39, 0.29) is 6.04 Å². The van der Waals surface area contributed by atoms with E-state index in [4.69, 9.17) is 0 Å². The van der Waals surface area contributed by atoms with Crippen LogP contribution < -0.4 is 5.32 Å². The second-order valence-corrected chi connectivity index (χ2v) is 3.65. The van der Waals surface area contributed by atoms with Crippen LogP contribution in [-0.4, -0.2) is 15.3 Å². The lowest BCUT2D eigenvalue weighted by Crippen LogP contribution is -2.19. The first kappa shape index (κ1) is 10.8. The summed E-state index contributed by atoms with van der Waals surface area (Å²) in [5.74, 6) is 0. The van der Waals surface area contributed by atoms with Crippen molar-refractivity contribution in [3.8, 4) is 0 Å². The SMILES string of the molecule is Cc1nonc1CN[C@@H](C)c1ccccn1. The summed E-state index contributed by atoms with van der Waals surface area (Å²) in [5, 5.41) is 10.9. The molecule has 0 unspecified atom stereocenters. The standard InChI is InChI=1S/C11H14N4O/c1-8(10-5-3-4-6-12-10)13-7-11-9(2)14-16-15-11/h3-6,8,13H,7H2,1-2H3/t8-/m0/s1. The maximum absolute atomic E-state index is 4.63. The zero-order valence-electron chi connectivity index (χ0n) is 9.34. The minimum absolute atomic E-state index is 0.178. The van der Waals surface area contributed by atoms with Crippen LogP contribution in [0.25, 0.3) is 0 Å². The van der Waals surface area contributed by atoms with E-state index < -0.39 is 0 Å². The van der Waals surface area contributed by atoms with Crippen LogP contribution in [0, 0.1) is 6.92 Å². The lowest BCUT2D eigenvalue weighted by atomic mass is 10.2. The first-order valence-corrected chi connectivity index (χ1v) is 5.19. The fourth-order valence-electron chi connectivity index (χ4n) is 1.40. The van der Waals surface area contributed by atoms with Gasteiger partial charge in [-0.15, -0.1) is 0 Å². The summed E-state index contributed by atoms with van der Waals surface area (Å²) < 4.78 is 4.63. The van der Waals surface area contributed by atoms with E-state index >= 15 is 0 Å². The molecule has 0 aliphatic carbocycles. The van der Waals surface area contributed by atoms with Crippen molar-refractivity contribution in [3.05, 3.63) is 41.5 Å². The van der Waals surface area contributed by atoms with Crippen LogP contribution in [0.1, 0.15) is 30.0 Å². The van der Waals surface area contributed by atoms with E-state index in [0.29, 0.717) is 6.54 Å². The van der Waals surface area contributed by atoms with Gasteiger partial charge in [-0.3, -0.25) is 4.98 Å². The van der Waals surface area contributed by atoms with Crippen molar-refractivity contribution in [2.75, 3.05) is 0 Å². The van der Waals surface area contributed by atoms with E-state index in [1.807, 2.05) is 25.1 Å². The quantitative estimate of drug-likeness (QED) is 0.844. The highest BCUT2D eigenvalue weighted by atomic mass is 16.6. The van der Waals surface area contributed by atoms with Gasteiger partial charge in [0.1, 0.15) is 11.4 Å². The predicted octanol–water partition coefficient (Wildman–Crippen LogP) is 1.62. The molecule has 0 saturated heterocycles. The number of nitrogens with zero attached hydrogens (tertiary/aromatic N) is 3. The van der Waals surface area contributed by atoms with E-state index in [2.05, 4.69) is 32.2 Å². The number of hydrogen-bond acceptors (Lipinski definition) is 5. The molecule has 0 bridgehead atoms. The van der Waals surface area contributed by atoms with E-state index in [9.17, 15) is 0 Å². The van der Waals surface area contributed by atoms with Crippen molar-refractivity contribution < 1.29 is 4.63 Å². The number of rotatable bonds is 4. The summed E-state index contributed by atoms with van der Waals surface area (Å²) in [6.07, 6.45) is 1.79. The molecular weight excluding hydrogens is 204 g/mol. The number of hydrogen-bond donors (Lipinski definition) is 1. The zero-order valence-corrected chi connectivity index (χ0v) is 9.34. The van der Waals surface area contributed by atoms with E-state index in [1.54, 1.807) is 6.20 Å². The molecule has 5 heteroatoms.